The van der Waals surface area contributed by atoms with Crippen molar-refractivity contribution in [1.29, 1.82) is 0 Å². The summed E-state index contributed by atoms with van der Waals surface area (Å²) in [5.74, 6) is 2.14. The molecule has 21 heavy (non-hydrogen) atoms. The predicted octanol–water partition coefficient (Wildman–Crippen LogP) is 4.51. The first-order chi connectivity index (χ1) is 10.0. The molecule has 0 aromatic rings. The first-order valence-electron chi connectivity index (χ1n) is 9.04. The SMILES string of the molecule is CCC1CCCCN1C(=O)C12CC3CC(CC(Br)(C3)C1)C2. The number of likely N-dealkylation sites (tertiary alicyclic amines) is 1. The van der Waals surface area contributed by atoms with Crippen molar-refractivity contribution < 1.29 is 4.79 Å². The van der Waals surface area contributed by atoms with Gasteiger partial charge in [-0.25, -0.2) is 0 Å². The van der Waals surface area contributed by atoms with Crippen LogP contribution >= 0.6 is 15.9 Å². The van der Waals surface area contributed by atoms with Gasteiger partial charge in [0.15, 0.2) is 0 Å². The van der Waals surface area contributed by atoms with Gasteiger partial charge in [-0.2, -0.15) is 0 Å². The molecule has 0 aromatic carbocycles. The third kappa shape index (κ3) is 2.29. The van der Waals surface area contributed by atoms with Crippen molar-refractivity contribution in [3.63, 3.8) is 0 Å². The number of alkyl halides is 1. The van der Waals surface area contributed by atoms with E-state index in [1.165, 1.54) is 51.4 Å². The number of nitrogens with zero attached hydrogens (tertiary/aromatic N) is 1. The van der Waals surface area contributed by atoms with Crippen molar-refractivity contribution in [1.82, 2.24) is 4.90 Å². The van der Waals surface area contributed by atoms with Crippen LogP contribution in [0.4, 0.5) is 0 Å². The van der Waals surface area contributed by atoms with Gasteiger partial charge >= 0.3 is 0 Å². The van der Waals surface area contributed by atoms with Crippen LogP contribution in [-0.2, 0) is 4.79 Å². The molecule has 2 nitrogen and oxygen atoms in total. The number of rotatable bonds is 2. The van der Waals surface area contributed by atoms with Crippen LogP contribution in [0.3, 0.4) is 0 Å². The molecule has 0 spiro atoms. The first kappa shape index (κ1) is 14.5. The van der Waals surface area contributed by atoms with Crippen LogP contribution in [0.5, 0.6) is 0 Å². The first-order valence-corrected chi connectivity index (χ1v) is 9.83. The lowest BCUT2D eigenvalue weighted by Gasteiger charge is -2.60. The Balaban J connectivity index is 1.61. The monoisotopic (exact) mass is 353 g/mol. The quantitative estimate of drug-likeness (QED) is 0.668. The maximum atomic E-state index is 13.5. The third-order valence-corrected chi connectivity index (χ3v) is 7.73. The Morgan fingerprint density at radius 1 is 1.19 bits per heavy atom. The van der Waals surface area contributed by atoms with Crippen molar-refractivity contribution in [3.8, 4) is 0 Å². The molecule has 4 aliphatic carbocycles. The van der Waals surface area contributed by atoms with Crippen LogP contribution in [0.2, 0.25) is 0 Å². The van der Waals surface area contributed by atoms with Gasteiger partial charge in [0.1, 0.15) is 0 Å². The topological polar surface area (TPSA) is 20.3 Å². The van der Waals surface area contributed by atoms with E-state index >= 15 is 0 Å². The van der Waals surface area contributed by atoms with Gasteiger partial charge in [0, 0.05) is 16.9 Å². The normalized spacial score (nSPS) is 48.7. The molecule has 1 aliphatic heterocycles. The van der Waals surface area contributed by atoms with Crippen molar-refractivity contribution in [2.75, 3.05) is 6.54 Å². The number of amides is 1. The lowest BCUT2D eigenvalue weighted by molar-refractivity contribution is -0.159. The maximum Gasteiger partial charge on any atom is 0.229 e. The van der Waals surface area contributed by atoms with Gasteiger partial charge in [-0.05, 0) is 76.0 Å². The summed E-state index contributed by atoms with van der Waals surface area (Å²) in [5.41, 5.74) is -0.00164. The zero-order chi connectivity index (χ0) is 14.7. The molecule has 0 radical (unpaired) electrons. The van der Waals surface area contributed by atoms with Crippen molar-refractivity contribution >= 4 is 21.8 Å². The van der Waals surface area contributed by atoms with Gasteiger partial charge < -0.3 is 4.90 Å². The predicted molar refractivity (Wildman–Crippen MR) is 88.4 cm³/mol. The standard InChI is InChI=1S/C18H28BrNO/c1-2-15-5-3-4-6-20(15)16(21)17-8-13-7-14(9-17)11-18(19,10-13)12-17/h13-15H,2-12H2,1H3. The molecule has 4 saturated carbocycles. The van der Waals surface area contributed by atoms with E-state index in [4.69, 9.17) is 0 Å². The molecule has 4 bridgehead atoms. The van der Waals surface area contributed by atoms with Crippen LogP contribution in [0.25, 0.3) is 0 Å². The summed E-state index contributed by atoms with van der Waals surface area (Å²) < 4.78 is 0.296. The fourth-order valence-corrected chi connectivity index (χ4v) is 7.85. The highest BCUT2D eigenvalue weighted by Gasteiger charge is 2.60. The molecule has 5 aliphatic rings. The molecule has 5 fully saturated rings. The summed E-state index contributed by atoms with van der Waals surface area (Å²) in [6.45, 7) is 3.27. The Kier molecular flexibility index (Phi) is 3.44. The van der Waals surface area contributed by atoms with E-state index in [2.05, 4.69) is 27.8 Å². The molecule has 1 saturated heterocycles. The van der Waals surface area contributed by atoms with Gasteiger partial charge in [0.05, 0.1) is 5.41 Å². The Bertz CT molecular complexity index is 434. The molecule has 0 aromatic heterocycles. The third-order valence-electron chi connectivity index (χ3n) is 6.80. The van der Waals surface area contributed by atoms with Crippen LogP contribution in [0, 0.1) is 17.3 Å². The van der Waals surface area contributed by atoms with E-state index in [1.807, 2.05) is 0 Å². The van der Waals surface area contributed by atoms with Crippen LogP contribution < -0.4 is 0 Å². The van der Waals surface area contributed by atoms with Crippen molar-refractivity contribution in [2.45, 2.75) is 81.5 Å². The number of hydrogen-bond acceptors (Lipinski definition) is 1. The molecule has 3 atom stereocenters. The Morgan fingerprint density at radius 3 is 2.52 bits per heavy atom. The second-order valence-corrected chi connectivity index (χ2v) is 10.1. The zero-order valence-corrected chi connectivity index (χ0v) is 14.8. The van der Waals surface area contributed by atoms with E-state index in [9.17, 15) is 4.79 Å². The summed E-state index contributed by atoms with van der Waals surface area (Å²) in [6, 6.07) is 0.519. The molecule has 1 heterocycles. The van der Waals surface area contributed by atoms with Gasteiger partial charge in [0.25, 0.3) is 0 Å². The summed E-state index contributed by atoms with van der Waals surface area (Å²) in [6.07, 6.45) is 12.4. The van der Waals surface area contributed by atoms with Gasteiger partial charge in [-0.15, -0.1) is 0 Å². The van der Waals surface area contributed by atoms with Gasteiger partial charge in [-0.1, -0.05) is 22.9 Å². The van der Waals surface area contributed by atoms with Crippen molar-refractivity contribution in [3.05, 3.63) is 0 Å². The highest BCUT2D eigenvalue weighted by atomic mass is 79.9. The van der Waals surface area contributed by atoms with Crippen LogP contribution in [0.15, 0.2) is 0 Å². The zero-order valence-electron chi connectivity index (χ0n) is 13.2. The summed E-state index contributed by atoms with van der Waals surface area (Å²) in [4.78, 5) is 15.8. The van der Waals surface area contributed by atoms with E-state index in [0.717, 1.165) is 31.2 Å². The van der Waals surface area contributed by atoms with E-state index < -0.39 is 0 Å². The average molecular weight is 354 g/mol. The Morgan fingerprint density at radius 2 is 1.90 bits per heavy atom. The Hall–Kier alpha value is -0.0500. The molecular weight excluding hydrogens is 326 g/mol. The number of carbonyl (C=O) groups is 1. The fraction of sp³-hybridized carbons (Fsp3) is 0.944. The smallest absolute Gasteiger partial charge is 0.229 e. The highest BCUT2D eigenvalue weighted by molar-refractivity contribution is 9.10. The fourth-order valence-electron chi connectivity index (χ4n) is 6.40. The molecule has 3 heteroatoms. The molecule has 0 N–H and O–H groups in total. The minimum Gasteiger partial charge on any atom is -0.339 e. The molecule has 3 unspecified atom stereocenters. The maximum absolute atomic E-state index is 13.5. The summed E-state index contributed by atoms with van der Waals surface area (Å²) in [7, 11) is 0. The Labute approximate surface area is 137 Å². The van der Waals surface area contributed by atoms with Crippen LogP contribution in [0.1, 0.15) is 71.1 Å². The van der Waals surface area contributed by atoms with Gasteiger partial charge in [0.2, 0.25) is 5.91 Å². The molecule has 1 amide bonds. The number of piperidine rings is 1. The lowest BCUT2D eigenvalue weighted by atomic mass is 9.49. The highest BCUT2D eigenvalue weighted by Crippen LogP contribution is 2.65. The van der Waals surface area contributed by atoms with Crippen LogP contribution in [-0.4, -0.2) is 27.7 Å². The van der Waals surface area contributed by atoms with Crippen molar-refractivity contribution in [2.24, 2.45) is 17.3 Å². The largest absolute Gasteiger partial charge is 0.339 e. The average Bonchev–Trinajstić information content (AvgIpc) is 2.44. The van der Waals surface area contributed by atoms with E-state index in [1.54, 1.807) is 0 Å². The minimum atomic E-state index is -0.00164. The van der Waals surface area contributed by atoms with E-state index in [0.29, 0.717) is 16.3 Å². The number of hydrogen-bond donors (Lipinski definition) is 0. The van der Waals surface area contributed by atoms with Gasteiger partial charge in [-0.3, -0.25) is 4.79 Å². The number of carbonyl (C=O) groups excluding carboxylic acids is 1. The summed E-state index contributed by atoms with van der Waals surface area (Å²) in [5, 5.41) is 0. The molecule has 118 valence electrons. The van der Waals surface area contributed by atoms with E-state index in [-0.39, 0.29) is 5.41 Å². The lowest BCUT2D eigenvalue weighted by Crippen LogP contribution is -2.60. The minimum absolute atomic E-state index is 0.00164. The second-order valence-electron chi connectivity index (χ2n) is 8.45. The molecule has 5 rings (SSSR count). The summed E-state index contributed by atoms with van der Waals surface area (Å²) >= 11 is 4.05. The second kappa shape index (κ2) is 4.97. The number of halogens is 1. The molecular formula is C18H28BrNO.